The van der Waals surface area contributed by atoms with Gasteiger partial charge in [-0.05, 0) is 55.8 Å². The summed E-state index contributed by atoms with van der Waals surface area (Å²) in [7, 11) is 0. The zero-order valence-corrected chi connectivity index (χ0v) is 15.8. The molecular formula is C21H32O3. The molecule has 0 bridgehead atoms. The van der Waals surface area contributed by atoms with E-state index in [1.165, 1.54) is 18.9 Å². The second-order valence-electron chi connectivity index (χ2n) is 8.79. The Balaban J connectivity index is 1.86. The van der Waals surface area contributed by atoms with Crippen molar-refractivity contribution in [1.82, 2.24) is 0 Å². The summed E-state index contributed by atoms with van der Waals surface area (Å²) in [5.74, 6) is 3.19. The molecule has 2 saturated carbocycles. The molecule has 3 aliphatic rings. The van der Waals surface area contributed by atoms with Crippen LogP contribution in [0.4, 0.5) is 0 Å². The Bertz CT molecular complexity index is 563. The van der Waals surface area contributed by atoms with Crippen molar-refractivity contribution in [3.05, 3.63) is 11.6 Å². The minimum Gasteiger partial charge on any atom is -0.462 e. The lowest BCUT2D eigenvalue weighted by molar-refractivity contribution is -0.161. The Morgan fingerprint density at radius 1 is 1.33 bits per heavy atom. The summed E-state index contributed by atoms with van der Waals surface area (Å²) >= 11 is 0. The monoisotopic (exact) mass is 332 g/mol. The molecule has 0 aliphatic heterocycles. The summed E-state index contributed by atoms with van der Waals surface area (Å²) < 4.78 is 5.60. The molecule has 0 saturated heterocycles. The summed E-state index contributed by atoms with van der Waals surface area (Å²) in [5, 5.41) is 0. The van der Waals surface area contributed by atoms with E-state index < -0.39 is 0 Å². The maximum atomic E-state index is 11.9. The Labute approximate surface area is 146 Å². The van der Waals surface area contributed by atoms with Crippen molar-refractivity contribution in [3.8, 4) is 0 Å². The highest BCUT2D eigenvalue weighted by molar-refractivity contribution is 5.82. The average Bonchev–Trinajstić information content (AvgIpc) is 2.49. The van der Waals surface area contributed by atoms with Gasteiger partial charge < -0.3 is 4.74 Å². The highest BCUT2D eigenvalue weighted by Crippen LogP contribution is 2.58. The van der Waals surface area contributed by atoms with Crippen LogP contribution in [0.1, 0.15) is 66.7 Å². The molecule has 2 fully saturated rings. The lowest BCUT2D eigenvalue weighted by atomic mass is 9.49. The molecule has 0 aromatic carbocycles. The van der Waals surface area contributed by atoms with E-state index in [4.69, 9.17) is 4.74 Å². The van der Waals surface area contributed by atoms with Gasteiger partial charge in [0.2, 0.25) is 0 Å². The number of carbonyl (C=O) groups is 2. The van der Waals surface area contributed by atoms with Crippen LogP contribution >= 0.6 is 0 Å². The van der Waals surface area contributed by atoms with Gasteiger partial charge in [-0.1, -0.05) is 32.4 Å². The zero-order valence-electron chi connectivity index (χ0n) is 15.8. The van der Waals surface area contributed by atoms with Crippen LogP contribution in [0.3, 0.4) is 0 Å². The van der Waals surface area contributed by atoms with E-state index in [0.29, 0.717) is 41.8 Å². The molecule has 3 nitrogen and oxygen atoms in total. The van der Waals surface area contributed by atoms with Crippen molar-refractivity contribution in [2.45, 2.75) is 72.8 Å². The normalized spacial score (nSPS) is 43.3. The summed E-state index contributed by atoms with van der Waals surface area (Å²) in [6.07, 6.45) is 7.15. The van der Waals surface area contributed by atoms with Crippen LogP contribution in [0.2, 0.25) is 0 Å². The van der Waals surface area contributed by atoms with E-state index in [-0.39, 0.29) is 17.5 Å². The molecule has 3 heteroatoms. The lowest BCUT2D eigenvalue weighted by Gasteiger charge is -2.56. The zero-order chi connectivity index (χ0) is 17.6. The third-order valence-corrected chi connectivity index (χ3v) is 7.61. The molecule has 0 aromatic rings. The molecule has 0 amide bonds. The van der Waals surface area contributed by atoms with Gasteiger partial charge in [0.1, 0.15) is 11.9 Å². The number of ether oxygens (including phenoxy) is 1. The number of Topliss-reactive ketones (excluding diaryl/α,β-unsaturated/α-hetero) is 1. The number of carbonyl (C=O) groups excluding carboxylic acids is 2. The average molecular weight is 332 g/mol. The van der Waals surface area contributed by atoms with Crippen molar-refractivity contribution in [3.63, 3.8) is 0 Å². The van der Waals surface area contributed by atoms with Crippen molar-refractivity contribution in [2.24, 2.45) is 35.0 Å². The van der Waals surface area contributed by atoms with Crippen LogP contribution in [-0.4, -0.2) is 17.9 Å². The van der Waals surface area contributed by atoms with E-state index in [2.05, 4.69) is 33.8 Å². The first-order valence-corrected chi connectivity index (χ1v) is 9.63. The Morgan fingerprint density at radius 3 is 2.71 bits per heavy atom. The molecule has 0 heterocycles. The summed E-state index contributed by atoms with van der Waals surface area (Å²) in [6.45, 7) is 10.6. The van der Waals surface area contributed by atoms with Gasteiger partial charge in [0.15, 0.2) is 0 Å². The number of allylic oxidation sites excluding steroid dienone is 2. The summed E-state index contributed by atoms with van der Waals surface area (Å²) in [4.78, 5) is 23.3. The minimum absolute atomic E-state index is 0.0386. The van der Waals surface area contributed by atoms with E-state index in [0.717, 1.165) is 19.3 Å². The molecule has 7 atom stereocenters. The standard InChI is InChI=1S/C21H32O3/c1-12-10-16-11-17(23)6-7-18(16)19-8-9-21(5,13(2)20(12)19)14(3)24-15(4)22/h10,12-14,18-20H,6-9,11H2,1-5H3/t12-,13?,14?,18?,19?,20?,21?/m1/s1. The van der Waals surface area contributed by atoms with E-state index >= 15 is 0 Å². The number of fused-ring (bicyclic) bond motifs is 3. The number of esters is 1. The number of ketones is 1. The topological polar surface area (TPSA) is 43.4 Å². The van der Waals surface area contributed by atoms with Crippen molar-refractivity contribution >= 4 is 11.8 Å². The molecule has 0 radical (unpaired) electrons. The fourth-order valence-electron chi connectivity index (χ4n) is 6.05. The Hall–Kier alpha value is -1.12. The van der Waals surface area contributed by atoms with E-state index in [9.17, 15) is 9.59 Å². The maximum Gasteiger partial charge on any atom is 0.302 e. The molecule has 3 rings (SSSR count). The van der Waals surface area contributed by atoms with Crippen LogP contribution in [-0.2, 0) is 14.3 Å². The van der Waals surface area contributed by atoms with Gasteiger partial charge >= 0.3 is 5.97 Å². The quantitative estimate of drug-likeness (QED) is 0.550. The van der Waals surface area contributed by atoms with Crippen molar-refractivity contribution in [2.75, 3.05) is 0 Å². The number of hydrogen-bond acceptors (Lipinski definition) is 3. The first-order valence-electron chi connectivity index (χ1n) is 9.63. The van der Waals surface area contributed by atoms with E-state index in [1.807, 2.05) is 0 Å². The van der Waals surface area contributed by atoms with Gasteiger partial charge in [0, 0.05) is 25.2 Å². The Morgan fingerprint density at radius 2 is 2.04 bits per heavy atom. The SMILES string of the molecule is CC(=O)OC(C)C1(C)CCC2C3CCC(=O)CC3=C[C@@H](C)C2C1C. The summed E-state index contributed by atoms with van der Waals surface area (Å²) in [5.41, 5.74) is 1.46. The molecule has 134 valence electrons. The van der Waals surface area contributed by atoms with E-state index in [1.54, 1.807) is 0 Å². The van der Waals surface area contributed by atoms with Gasteiger partial charge in [-0.15, -0.1) is 0 Å². The molecule has 0 N–H and O–H groups in total. The molecule has 6 unspecified atom stereocenters. The van der Waals surface area contributed by atoms with Gasteiger partial charge in [0.05, 0.1) is 0 Å². The number of rotatable bonds is 2. The van der Waals surface area contributed by atoms with Gasteiger partial charge in [0.25, 0.3) is 0 Å². The predicted octanol–water partition coefficient (Wildman–Crippen LogP) is 4.55. The highest BCUT2D eigenvalue weighted by Gasteiger charge is 2.53. The van der Waals surface area contributed by atoms with Crippen LogP contribution in [0.25, 0.3) is 0 Å². The van der Waals surface area contributed by atoms with Crippen LogP contribution < -0.4 is 0 Å². The van der Waals surface area contributed by atoms with Gasteiger partial charge in [-0.2, -0.15) is 0 Å². The molecule has 3 aliphatic carbocycles. The molecule has 0 aromatic heterocycles. The second kappa shape index (κ2) is 6.31. The minimum atomic E-state index is -0.178. The van der Waals surface area contributed by atoms with Gasteiger partial charge in [-0.25, -0.2) is 0 Å². The third-order valence-electron chi connectivity index (χ3n) is 7.61. The van der Waals surface area contributed by atoms with Crippen molar-refractivity contribution < 1.29 is 14.3 Å². The maximum absolute atomic E-state index is 11.9. The fourth-order valence-corrected chi connectivity index (χ4v) is 6.05. The first-order chi connectivity index (χ1) is 11.2. The van der Waals surface area contributed by atoms with Crippen LogP contribution in [0, 0.1) is 35.0 Å². The number of hydrogen-bond donors (Lipinski definition) is 0. The Kier molecular flexibility index (Phi) is 4.65. The van der Waals surface area contributed by atoms with Crippen LogP contribution in [0.15, 0.2) is 11.6 Å². The summed E-state index contributed by atoms with van der Waals surface area (Å²) in [6, 6.07) is 0. The predicted molar refractivity (Wildman–Crippen MR) is 94.3 cm³/mol. The molecule has 24 heavy (non-hydrogen) atoms. The second-order valence-corrected chi connectivity index (χ2v) is 8.79. The smallest absolute Gasteiger partial charge is 0.302 e. The van der Waals surface area contributed by atoms with Crippen molar-refractivity contribution in [1.29, 1.82) is 0 Å². The van der Waals surface area contributed by atoms with Crippen LogP contribution in [0.5, 0.6) is 0 Å². The largest absolute Gasteiger partial charge is 0.462 e. The fraction of sp³-hybridized carbons (Fsp3) is 0.810. The van der Waals surface area contributed by atoms with Gasteiger partial charge in [-0.3, -0.25) is 9.59 Å². The highest BCUT2D eigenvalue weighted by atomic mass is 16.5. The molecule has 0 spiro atoms. The first kappa shape index (κ1) is 17.7. The molecular weight excluding hydrogens is 300 g/mol. The lowest BCUT2D eigenvalue weighted by Crippen LogP contribution is -2.52. The third kappa shape index (κ3) is 2.84.